The molecule has 8 heteroatoms. The maximum atomic E-state index is 6.31. The number of ether oxygens (including phenoxy) is 1. The van der Waals surface area contributed by atoms with Gasteiger partial charge in [-0.3, -0.25) is 4.99 Å². The molecule has 2 unspecified atom stereocenters. The molecule has 2 saturated heterocycles. The Morgan fingerprint density at radius 1 is 1.19 bits per heavy atom. The Balaban J connectivity index is 1.24. The van der Waals surface area contributed by atoms with Crippen molar-refractivity contribution >= 4 is 29.1 Å². The monoisotopic (exact) mass is 442 g/mol. The van der Waals surface area contributed by atoms with Crippen LogP contribution in [0.1, 0.15) is 12.8 Å². The second-order valence-electron chi connectivity index (χ2n) is 8.14. The predicted octanol–water partition coefficient (Wildman–Crippen LogP) is 3.01. The van der Waals surface area contributed by atoms with Gasteiger partial charge in [0.25, 0.3) is 0 Å². The molecule has 0 amide bonds. The lowest BCUT2D eigenvalue weighted by atomic mass is 10.1. The normalized spacial score (nSPS) is 21.5. The number of rotatable bonds is 6. The van der Waals surface area contributed by atoms with Crippen molar-refractivity contribution in [3.8, 4) is 5.75 Å². The first-order valence-electron chi connectivity index (χ1n) is 10.9. The van der Waals surface area contributed by atoms with Gasteiger partial charge in [0.2, 0.25) is 0 Å². The first kappa shape index (κ1) is 21.6. The molecule has 7 nitrogen and oxygen atoms in total. The van der Waals surface area contributed by atoms with Crippen LogP contribution in [0, 0.1) is 5.92 Å². The number of benzene rings is 1. The Morgan fingerprint density at radius 2 is 2.06 bits per heavy atom. The van der Waals surface area contributed by atoms with E-state index in [0.29, 0.717) is 17.0 Å². The van der Waals surface area contributed by atoms with Gasteiger partial charge in [-0.1, -0.05) is 17.7 Å². The van der Waals surface area contributed by atoms with Gasteiger partial charge in [0.1, 0.15) is 11.6 Å². The molecule has 2 fully saturated rings. The van der Waals surface area contributed by atoms with E-state index in [4.69, 9.17) is 16.3 Å². The van der Waals surface area contributed by atoms with Crippen LogP contribution < -0.4 is 25.2 Å². The van der Waals surface area contributed by atoms with E-state index < -0.39 is 0 Å². The quantitative estimate of drug-likeness (QED) is 0.529. The van der Waals surface area contributed by atoms with Gasteiger partial charge >= 0.3 is 0 Å². The van der Waals surface area contributed by atoms with Crippen molar-refractivity contribution in [3.63, 3.8) is 0 Å². The van der Waals surface area contributed by atoms with Gasteiger partial charge < -0.3 is 25.2 Å². The van der Waals surface area contributed by atoms with Crippen LogP contribution in [0.5, 0.6) is 5.75 Å². The van der Waals surface area contributed by atoms with Gasteiger partial charge in [0.05, 0.1) is 12.1 Å². The molecular weight excluding hydrogens is 412 g/mol. The number of aliphatic imine (C=N–C) groups is 1. The average molecular weight is 443 g/mol. The van der Waals surface area contributed by atoms with E-state index in [2.05, 4.69) is 48.6 Å². The highest BCUT2D eigenvalue weighted by Gasteiger charge is 2.26. The summed E-state index contributed by atoms with van der Waals surface area (Å²) in [6, 6.07) is 12.4. The van der Waals surface area contributed by atoms with Gasteiger partial charge in [-0.2, -0.15) is 0 Å². The first-order chi connectivity index (χ1) is 15.2. The molecule has 1 aromatic heterocycles. The summed E-state index contributed by atoms with van der Waals surface area (Å²) in [7, 11) is 3.54. The first-order valence-corrected chi connectivity index (χ1v) is 11.3. The number of methoxy groups -OCH3 is 1. The maximum Gasteiger partial charge on any atom is 0.191 e. The molecule has 4 rings (SSSR count). The summed E-state index contributed by atoms with van der Waals surface area (Å²) in [6.07, 6.45) is 3.98. The number of pyridine rings is 1. The zero-order chi connectivity index (χ0) is 21.6. The number of anilines is 2. The summed E-state index contributed by atoms with van der Waals surface area (Å²) >= 11 is 6.31. The average Bonchev–Trinajstić information content (AvgIpc) is 3.47. The molecular formula is C23H31ClN6O. The van der Waals surface area contributed by atoms with E-state index >= 15 is 0 Å². The van der Waals surface area contributed by atoms with Crippen LogP contribution in [0.15, 0.2) is 47.6 Å². The van der Waals surface area contributed by atoms with Gasteiger partial charge in [-0.25, -0.2) is 4.98 Å². The molecule has 1 aromatic carbocycles. The minimum absolute atomic E-state index is 0.320. The van der Waals surface area contributed by atoms with Crippen LogP contribution >= 0.6 is 11.6 Å². The molecule has 3 heterocycles. The molecule has 0 bridgehead atoms. The van der Waals surface area contributed by atoms with E-state index in [1.165, 1.54) is 5.69 Å². The second kappa shape index (κ2) is 10.1. The lowest BCUT2D eigenvalue weighted by Crippen LogP contribution is -2.46. The standard InChI is InChI=1S/C23H31ClN6O/c1-25-23(28-18-9-12-30(16-18)22-21(24)7-4-10-26-22)27-14-17-8-11-29(15-17)19-5-3-6-20(13-19)31-2/h3-7,10,13,17-18H,8-9,11-12,14-16H2,1-2H3,(H2,25,27,28). The highest BCUT2D eigenvalue weighted by molar-refractivity contribution is 6.32. The lowest BCUT2D eigenvalue weighted by Gasteiger charge is -2.22. The molecule has 0 spiro atoms. The van der Waals surface area contributed by atoms with E-state index in [1.54, 1.807) is 13.3 Å². The highest BCUT2D eigenvalue weighted by atomic mass is 35.5. The minimum atomic E-state index is 0.320. The third kappa shape index (κ3) is 5.34. The Morgan fingerprint density at radius 3 is 2.87 bits per heavy atom. The van der Waals surface area contributed by atoms with Crippen LogP contribution in [-0.2, 0) is 0 Å². The van der Waals surface area contributed by atoms with Crippen LogP contribution in [0.4, 0.5) is 11.5 Å². The zero-order valence-corrected chi connectivity index (χ0v) is 19.0. The number of guanidine groups is 1. The van der Waals surface area contributed by atoms with E-state index in [1.807, 2.05) is 25.2 Å². The molecule has 0 aliphatic carbocycles. The smallest absolute Gasteiger partial charge is 0.191 e. The topological polar surface area (TPSA) is 65.0 Å². The van der Waals surface area contributed by atoms with Crippen molar-refractivity contribution in [2.75, 3.05) is 56.7 Å². The van der Waals surface area contributed by atoms with E-state index in [9.17, 15) is 0 Å². The molecule has 2 aromatic rings. The Hall–Kier alpha value is -2.67. The van der Waals surface area contributed by atoms with Crippen molar-refractivity contribution in [1.29, 1.82) is 0 Å². The summed E-state index contributed by atoms with van der Waals surface area (Å²) in [4.78, 5) is 13.5. The van der Waals surface area contributed by atoms with Gasteiger partial charge in [-0.15, -0.1) is 0 Å². The van der Waals surface area contributed by atoms with Gasteiger partial charge in [-0.05, 0) is 43.0 Å². The van der Waals surface area contributed by atoms with Crippen molar-refractivity contribution in [2.45, 2.75) is 18.9 Å². The summed E-state index contributed by atoms with van der Waals surface area (Å²) < 4.78 is 5.36. The Bertz CT molecular complexity index is 907. The van der Waals surface area contributed by atoms with Crippen molar-refractivity contribution < 1.29 is 4.74 Å². The number of hydrogen-bond donors (Lipinski definition) is 2. The third-order valence-electron chi connectivity index (χ3n) is 6.05. The Kier molecular flexibility index (Phi) is 7.02. The molecule has 2 N–H and O–H groups in total. The second-order valence-corrected chi connectivity index (χ2v) is 8.55. The van der Waals surface area contributed by atoms with Crippen LogP contribution in [-0.4, -0.2) is 63.9 Å². The van der Waals surface area contributed by atoms with Crippen LogP contribution in [0.3, 0.4) is 0 Å². The number of nitrogens with zero attached hydrogens (tertiary/aromatic N) is 4. The van der Waals surface area contributed by atoms with Crippen molar-refractivity contribution in [1.82, 2.24) is 15.6 Å². The lowest BCUT2D eigenvalue weighted by molar-refractivity contribution is 0.415. The van der Waals surface area contributed by atoms with Crippen molar-refractivity contribution in [2.24, 2.45) is 10.9 Å². The SMILES string of the molecule is CN=C(NCC1CCN(c2cccc(OC)c2)C1)NC1CCN(c2ncccc2Cl)C1. The minimum Gasteiger partial charge on any atom is -0.497 e. The van der Waals surface area contributed by atoms with Crippen LogP contribution in [0.25, 0.3) is 0 Å². The molecule has 2 aliphatic heterocycles. The number of nitrogens with one attached hydrogen (secondary N) is 2. The number of halogens is 1. The summed E-state index contributed by atoms with van der Waals surface area (Å²) in [5.74, 6) is 3.21. The highest BCUT2D eigenvalue weighted by Crippen LogP contribution is 2.27. The largest absolute Gasteiger partial charge is 0.497 e. The fourth-order valence-electron chi connectivity index (χ4n) is 4.35. The third-order valence-corrected chi connectivity index (χ3v) is 6.35. The van der Waals surface area contributed by atoms with E-state index in [0.717, 1.165) is 63.1 Å². The summed E-state index contributed by atoms with van der Waals surface area (Å²) in [6.45, 7) is 4.80. The molecule has 31 heavy (non-hydrogen) atoms. The van der Waals surface area contributed by atoms with Gasteiger partial charge in [0.15, 0.2) is 5.96 Å². The van der Waals surface area contributed by atoms with Crippen molar-refractivity contribution in [3.05, 3.63) is 47.6 Å². The Labute approximate surface area is 189 Å². The maximum absolute atomic E-state index is 6.31. The zero-order valence-electron chi connectivity index (χ0n) is 18.2. The summed E-state index contributed by atoms with van der Waals surface area (Å²) in [5.41, 5.74) is 1.23. The van der Waals surface area contributed by atoms with Crippen LogP contribution in [0.2, 0.25) is 5.02 Å². The molecule has 0 radical (unpaired) electrons. The summed E-state index contributed by atoms with van der Waals surface area (Å²) in [5, 5.41) is 7.79. The predicted molar refractivity (Wildman–Crippen MR) is 128 cm³/mol. The molecule has 2 aliphatic rings. The number of aromatic nitrogens is 1. The fourth-order valence-corrected chi connectivity index (χ4v) is 4.59. The molecule has 166 valence electrons. The van der Waals surface area contributed by atoms with E-state index in [-0.39, 0.29) is 0 Å². The number of hydrogen-bond acceptors (Lipinski definition) is 5. The van der Waals surface area contributed by atoms with Gasteiger partial charge in [0, 0.05) is 63.8 Å². The fraction of sp³-hybridized carbons (Fsp3) is 0.478. The molecule has 2 atom stereocenters. The molecule has 0 saturated carbocycles.